The summed E-state index contributed by atoms with van der Waals surface area (Å²) >= 11 is 6.01. The van der Waals surface area contributed by atoms with Gasteiger partial charge < -0.3 is 0 Å². The van der Waals surface area contributed by atoms with Crippen LogP contribution >= 0.6 is 11.6 Å². The first kappa shape index (κ1) is 15.5. The third-order valence-corrected chi connectivity index (χ3v) is 4.47. The first-order valence-electron chi connectivity index (χ1n) is 7.68. The highest BCUT2D eigenvalue weighted by molar-refractivity contribution is 6.31. The number of aromatic nitrogens is 2. The third-order valence-electron chi connectivity index (χ3n) is 4.23. The average Bonchev–Trinajstić information content (AvgIpc) is 2.98. The number of halogens is 1. The zero-order chi connectivity index (χ0) is 17.6. The molecule has 0 spiro atoms. The van der Waals surface area contributed by atoms with Crippen molar-refractivity contribution in [3.8, 4) is 0 Å². The van der Waals surface area contributed by atoms with Crippen LogP contribution in [0.5, 0.6) is 0 Å². The minimum Gasteiger partial charge on any atom is -0.292 e. The summed E-state index contributed by atoms with van der Waals surface area (Å²) in [6.07, 6.45) is 2.49. The van der Waals surface area contributed by atoms with Crippen molar-refractivity contribution >= 4 is 39.8 Å². The fourth-order valence-corrected chi connectivity index (χ4v) is 3.22. The van der Waals surface area contributed by atoms with Crippen molar-refractivity contribution in [1.29, 1.82) is 0 Å². The van der Waals surface area contributed by atoms with E-state index in [0.717, 1.165) is 5.57 Å². The summed E-state index contributed by atoms with van der Waals surface area (Å²) in [6.45, 7) is 0.542. The SMILES string of the molecule is O=c1c2ccc(Cl)cc2nc2n1CC/C2=C/c1cccc([N+](=O)[O-])c1. The van der Waals surface area contributed by atoms with Crippen LogP contribution in [0.25, 0.3) is 22.6 Å². The normalized spacial score (nSPS) is 14.8. The van der Waals surface area contributed by atoms with E-state index in [2.05, 4.69) is 4.98 Å². The Hall–Kier alpha value is -2.99. The van der Waals surface area contributed by atoms with E-state index in [0.29, 0.717) is 40.3 Å². The fourth-order valence-electron chi connectivity index (χ4n) is 3.06. The number of hydrogen-bond acceptors (Lipinski definition) is 4. The van der Waals surface area contributed by atoms with Crippen LogP contribution in [0.1, 0.15) is 17.8 Å². The largest absolute Gasteiger partial charge is 0.292 e. The van der Waals surface area contributed by atoms with E-state index in [1.807, 2.05) is 6.08 Å². The molecule has 124 valence electrons. The summed E-state index contributed by atoms with van der Waals surface area (Å²) < 4.78 is 1.64. The molecule has 6 nitrogen and oxygen atoms in total. The molecule has 4 rings (SSSR count). The Labute approximate surface area is 147 Å². The van der Waals surface area contributed by atoms with Gasteiger partial charge in [0.05, 0.1) is 15.8 Å². The summed E-state index contributed by atoms with van der Waals surface area (Å²) in [5.74, 6) is 0.589. The van der Waals surface area contributed by atoms with Crippen molar-refractivity contribution in [2.24, 2.45) is 0 Å². The predicted molar refractivity (Wildman–Crippen MR) is 96.6 cm³/mol. The van der Waals surface area contributed by atoms with E-state index < -0.39 is 4.92 Å². The van der Waals surface area contributed by atoms with Crippen molar-refractivity contribution in [2.45, 2.75) is 13.0 Å². The second-order valence-corrected chi connectivity index (χ2v) is 6.26. The topological polar surface area (TPSA) is 78.0 Å². The van der Waals surface area contributed by atoms with Gasteiger partial charge in [0.2, 0.25) is 0 Å². The molecule has 0 aliphatic carbocycles. The summed E-state index contributed by atoms with van der Waals surface area (Å²) in [5, 5.41) is 12.0. The lowest BCUT2D eigenvalue weighted by molar-refractivity contribution is -0.384. The molecule has 2 heterocycles. The Bertz CT molecular complexity index is 1120. The molecule has 0 fully saturated rings. The maximum Gasteiger partial charge on any atom is 0.270 e. The van der Waals surface area contributed by atoms with Gasteiger partial charge in [0, 0.05) is 23.7 Å². The van der Waals surface area contributed by atoms with Gasteiger partial charge in [-0.3, -0.25) is 19.5 Å². The Balaban J connectivity index is 1.87. The maximum atomic E-state index is 12.6. The Kier molecular flexibility index (Phi) is 3.62. The summed E-state index contributed by atoms with van der Waals surface area (Å²) in [7, 11) is 0. The molecule has 3 aromatic rings. The van der Waals surface area contributed by atoms with Gasteiger partial charge >= 0.3 is 0 Å². The van der Waals surface area contributed by atoms with Gasteiger partial charge in [0.15, 0.2) is 0 Å². The number of fused-ring (bicyclic) bond motifs is 2. The zero-order valence-corrected chi connectivity index (χ0v) is 13.7. The molecule has 7 heteroatoms. The second-order valence-electron chi connectivity index (χ2n) is 5.83. The number of rotatable bonds is 2. The molecular formula is C18H12ClN3O3. The number of hydrogen-bond donors (Lipinski definition) is 0. The molecular weight excluding hydrogens is 342 g/mol. The van der Waals surface area contributed by atoms with Gasteiger partial charge in [-0.05, 0) is 41.8 Å². The van der Waals surface area contributed by atoms with E-state index >= 15 is 0 Å². The molecule has 2 aromatic carbocycles. The van der Waals surface area contributed by atoms with Crippen LogP contribution in [0.15, 0.2) is 47.3 Å². The van der Waals surface area contributed by atoms with Gasteiger partial charge in [0.1, 0.15) is 5.82 Å². The molecule has 0 atom stereocenters. The molecule has 1 aliphatic heterocycles. The summed E-state index contributed by atoms with van der Waals surface area (Å²) in [5.41, 5.74) is 2.07. The first-order valence-corrected chi connectivity index (χ1v) is 8.06. The smallest absolute Gasteiger partial charge is 0.270 e. The summed E-state index contributed by atoms with van der Waals surface area (Å²) in [6, 6.07) is 11.4. The van der Waals surface area contributed by atoms with Gasteiger partial charge in [-0.1, -0.05) is 23.7 Å². The monoisotopic (exact) mass is 353 g/mol. The molecule has 1 aliphatic rings. The molecule has 0 saturated heterocycles. The molecule has 0 saturated carbocycles. The lowest BCUT2D eigenvalue weighted by Crippen LogP contribution is -2.20. The van der Waals surface area contributed by atoms with E-state index in [1.54, 1.807) is 34.9 Å². The van der Waals surface area contributed by atoms with Crippen LogP contribution in [0.2, 0.25) is 5.02 Å². The van der Waals surface area contributed by atoms with Crippen molar-refractivity contribution in [3.05, 3.63) is 79.3 Å². The fraction of sp³-hybridized carbons (Fsp3) is 0.111. The molecule has 0 radical (unpaired) electrons. The third kappa shape index (κ3) is 2.70. The average molecular weight is 354 g/mol. The standard InChI is InChI=1S/C18H12ClN3O3/c19-13-4-5-15-16(10-13)20-17-12(6-7-21(17)18(15)23)8-11-2-1-3-14(9-11)22(24)25/h1-5,8-10H,6-7H2/b12-8-. The highest BCUT2D eigenvalue weighted by Gasteiger charge is 2.21. The number of allylic oxidation sites excluding steroid dienone is 1. The molecule has 0 bridgehead atoms. The maximum absolute atomic E-state index is 12.6. The van der Waals surface area contributed by atoms with Crippen LogP contribution in [-0.4, -0.2) is 14.5 Å². The van der Waals surface area contributed by atoms with E-state index in [-0.39, 0.29) is 11.2 Å². The number of nitro benzene ring substituents is 1. The molecule has 0 N–H and O–H groups in total. The van der Waals surface area contributed by atoms with Crippen LogP contribution < -0.4 is 5.56 Å². The van der Waals surface area contributed by atoms with Gasteiger partial charge in [-0.2, -0.15) is 0 Å². The molecule has 25 heavy (non-hydrogen) atoms. The minimum absolute atomic E-state index is 0.0305. The van der Waals surface area contributed by atoms with E-state index in [9.17, 15) is 14.9 Å². The van der Waals surface area contributed by atoms with Crippen molar-refractivity contribution < 1.29 is 4.92 Å². The highest BCUT2D eigenvalue weighted by atomic mass is 35.5. The van der Waals surface area contributed by atoms with Crippen LogP contribution in [-0.2, 0) is 6.54 Å². The van der Waals surface area contributed by atoms with Crippen LogP contribution in [0, 0.1) is 10.1 Å². The number of nitro groups is 1. The van der Waals surface area contributed by atoms with E-state index in [4.69, 9.17) is 11.6 Å². The molecule has 0 amide bonds. The van der Waals surface area contributed by atoms with Gasteiger partial charge in [-0.25, -0.2) is 4.98 Å². The Morgan fingerprint density at radius 2 is 2.08 bits per heavy atom. The quantitative estimate of drug-likeness (QED) is 0.517. The number of non-ortho nitro benzene ring substituents is 1. The Morgan fingerprint density at radius 3 is 2.88 bits per heavy atom. The molecule has 1 aromatic heterocycles. The van der Waals surface area contributed by atoms with Crippen molar-refractivity contribution in [2.75, 3.05) is 0 Å². The lowest BCUT2D eigenvalue weighted by atomic mass is 10.1. The number of benzene rings is 2. The van der Waals surface area contributed by atoms with Crippen LogP contribution in [0.4, 0.5) is 5.69 Å². The molecule has 0 unspecified atom stereocenters. The highest BCUT2D eigenvalue weighted by Crippen LogP contribution is 2.28. The van der Waals surface area contributed by atoms with Gasteiger partial charge in [-0.15, -0.1) is 0 Å². The lowest BCUT2D eigenvalue weighted by Gasteiger charge is -2.06. The minimum atomic E-state index is -0.428. The second kappa shape index (κ2) is 5.82. The number of nitrogens with zero attached hydrogens (tertiary/aromatic N) is 3. The zero-order valence-electron chi connectivity index (χ0n) is 13.0. The van der Waals surface area contributed by atoms with Crippen molar-refractivity contribution in [3.63, 3.8) is 0 Å². The predicted octanol–water partition coefficient (Wildman–Crippen LogP) is 3.90. The Morgan fingerprint density at radius 1 is 1.24 bits per heavy atom. The van der Waals surface area contributed by atoms with Gasteiger partial charge in [0.25, 0.3) is 11.2 Å². The van der Waals surface area contributed by atoms with E-state index in [1.165, 1.54) is 12.1 Å². The van der Waals surface area contributed by atoms with Crippen molar-refractivity contribution in [1.82, 2.24) is 9.55 Å². The first-order chi connectivity index (χ1) is 12.0. The summed E-state index contributed by atoms with van der Waals surface area (Å²) in [4.78, 5) is 27.7. The van der Waals surface area contributed by atoms with Crippen LogP contribution in [0.3, 0.4) is 0 Å².